The van der Waals surface area contributed by atoms with Crippen LogP contribution in [0.5, 0.6) is 0 Å². The summed E-state index contributed by atoms with van der Waals surface area (Å²) in [5.74, 6) is -0.0860. The van der Waals surface area contributed by atoms with Gasteiger partial charge in [0, 0.05) is 34.6 Å². The van der Waals surface area contributed by atoms with Crippen LogP contribution in [0.15, 0.2) is 48.5 Å². The Kier molecular flexibility index (Phi) is 5.91. The maximum atomic E-state index is 14.3. The van der Waals surface area contributed by atoms with E-state index in [1.54, 1.807) is 22.8 Å². The van der Waals surface area contributed by atoms with Crippen molar-refractivity contribution in [1.29, 1.82) is 0 Å². The molecular formula is C25H29FN2O2. The number of carboxylic acids is 1. The van der Waals surface area contributed by atoms with Crippen molar-refractivity contribution in [2.24, 2.45) is 11.8 Å². The average molecular weight is 409 g/mol. The normalized spacial score (nSPS) is 21.8. The van der Waals surface area contributed by atoms with Crippen molar-refractivity contribution in [2.45, 2.75) is 52.2 Å². The SMILES string of the molecule is CC1CCCC(NCc2c(C(=O)O)n(Cc3ccccc3F)c3ccccc23)C1C. The van der Waals surface area contributed by atoms with Gasteiger partial charge >= 0.3 is 5.97 Å². The summed E-state index contributed by atoms with van der Waals surface area (Å²) in [6.07, 6.45) is 3.56. The number of carbonyl (C=O) groups is 1. The lowest BCUT2D eigenvalue weighted by molar-refractivity contribution is 0.0684. The van der Waals surface area contributed by atoms with Crippen LogP contribution >= 0.6 is 0 Å². The lowest BCUT2D eigenvalue weighted by Gasteiger charge is -2.34. The zero-order valence-electron chi connectivity index (χ0n) is 17.6. The molecule has 5 heteroatoms. The van der Waals surface area contributed by atoms with Gasteiger partial charge in [-0.05, 0) is 30.4 Å². The van der Waals surface area contributed by atoms with Crippen LogP contribution in [-0.2, 0) is 13.1 Å². The summed E-state index contributed by atoms with van der Waals surface area (Å²) in [4.78, 5) is 12.3. The Bertz CT molecular complexity index is 1060. The van der Waals surface area contributed by atoms with Crippen molar-refractivity contribution in [3.05, 3.63) is 71.2 Å². The summed E-state index contributed by atoms with van der Waals surface area (Å²) in [6.45, 7) is 5.25. The van der Waals surface area contributed by atoms with Crippen LogP contribution in [0.4, 0.5) is 4.39 Å². The third-order valence-corrected chi connectivity index (χ3v) is 6.81. The molecule has 0 spiro atoms. The molecule has 158 valence electrons. The molecule has 2 N–H and O–H groups in total. The van der Waals surface area contributed by atoms with E-state index in [0.29, 0.717) is 30.0 Å². The summed E-state index contributed by atoms with van der Waals surface area (Å²) in [7, 11) is 0. The second-order valence-electron chi connectivity index (χ2n) is 8.58. The Labute approximate surface area is 176 Å². The first kappa shape index (κ1) is 20.6. The summed E-state index contributed by atoms with van der Waals surface area (Å²) >= 11 is 0. The summed E-state index contributed by atoms with van der Waals surface area (Å²) in [5.41, 5.74) is 2.32. The Hall–Kier alpha value is -2.66. The first-order valence-corrected chi connectivity index (χ1v) is 10.8. The molecule has 30 heavy (non-hydrogen) atoms. The van der Waals surface area contributed by atoms with Crippen molar-refractivity contribution < 1.29 is 14.3 Å². The van der Waals surface area contributed by atoms with Crippen LogP contribution in [0.2, 0.25) is 0 Å². The number of nitrogens with zero attached hydrogens (tertiary/aromatic N) is 1. The van der Waals surface area contributed by atoms with Crippen LogP contribution < -0.4 is 5.32 Å². The van der Waals surface area contributed by atoms with Crippen LogP contribution in [0.25, 0.3) is 10.9 Å². The van der Waals surface area contributed by atoms with Crippen molar-refractivity contribution in [2.75, 3.05) is 0 Å². The van der Waals surface area contributed by atoms with Gasteiger partial charge < -0.3 is 15.0 Å². The molecule has 1 aliphatic rings. The highest BCUT2D eigenvalue weighted by Gasteiger charge is 2.28. The molecule has 1 fully saturated rings. The predicted octanol–water partition coefficient (Wildman–Crippen LogP) is 5.44. The molecule has 0 amide bonds. The lowest BCUT2D eigenvalue weighted by atomic mass is 9.78. The quantitative estimate of drug-likeness (QED) is 0.571. The number of rotatable bonds is 6. The maximum Gasteiger partial charge on any atom is 0.352 e. The number of hydrogen-bond donors (Lipinski definition) is 2. The fourth-order valence-electron chi connectivity index (χ4n) is 4.86. The third kappa shape index (κ3) is 3.86. The van der Waals surface area contributed by atoms with Gasteiger partial charge in [0.15, 0.2) is 0 Å². The fraction of sp³-hybridized carbons (Fsp3) is 0.400. The molecule has 4 rings (SSSR count). The highest BCUT2D eigenvalue weighted by Crippen LogP contribution is 2.32. The van der Waals surface area contributed by atoms with Gasteiger partial charge in [-0.1, -0.05) is 63.1 Å². The number of carboxylic acid groups (broad SMARTS) is 1. The Morgan fingerprint density at radius 2 is 1.87 bits per heavy atom. The number of aromatic carboxylic acids is 1. The molecular weight excluding hydrogens is 379 g/mol. The van der Waals surface area contributed by atoms with Crippen molar-refractivity contribution >= 4 is 16.9 Å². The van der Waals surface area contributed by atoms with Gasteiger partial charge in [0.25, 0.3) is 0 Å². The van der Waals surface area contributed by atoms with E-state index in [1.807, 2.05) is 24.3 Å². The van der Waals surface area contributed by atoms with Crippen molar-refractivity contribution in [1.82, 2.24) is 9.88 Å². The zero-order chi connectivity index (χ0) is 21.3. The standard InChI is InChI=1S/C25H29FN2O2/c1-16-8-7-12-22(17(16)2)27-14-20-19-10-4-6-13-23(19)28(24(20)25(29)30)15-18-9-3-5-11-21(18)26/h3-6,9-11,13,16-17,22,27H,7-8,12,14-15H2,1-2H3,(H,29,30). The third-order valence-electron chi connectivity index (χ3n) is 6.81. The zero-order valence-corrected chi connectivity index (χ0v) is 17.6. The molecule has 1 heterocycles. The number of halogens is 1. The van der Waals surface area contributed by atoms with Crippen LogP contribution in [0.1, 0.15) is 54.7 Å². The highest BCUT2D eigenvalue weighted by molar-refractivity contribution is 5.98. The number of nitrogens with one attached hydrogen (secondary N) is 1. The summed E-state index contributed by atoms with van der Waals surface area (Å²) in [6, 6.07) is 14.6. The fourth-order valence-corrected chi connectivity index (χ4v) is 4.86. The van der Waals surface area contributed by atoms with E-state index in [4.69, 9.17) is 0 Å². The van der Waals surface area contributed by atoms with Gasteiger partial charge in [-0.15, -0.1) is 0 Å². The van der Waals surface area contributed by atoms with Crippen molar-refractivity contribution in [3.8, 4) is 0 Å². The van der Waals surface area contributed by atoms with Gasteiger partial charge in [-0.3, -0.25) is 0 Å². The lowest BCUT2D eigenvalue weighted by Crippen LogP contribution is -2.40. The van der Waals surface area contributed by atoms with Crippen LogP contribution in [-0.4, -0.2) is 21.7 Å². The number of fused-ring (bicyclic) bond motifs is 1. The number of para-hydroxylation sites is 1. The van der Waals surface area contributed by atoms with Gasteiger partial charge in [0.1, 0.15) is 11.5 Å². The molecule has 1 aromatic heterocycles. The van der Waals surface area contributed by atoms with E-state index in [1.165, 1.54) is 18.9 Å². The minimum atomic E-state index is -0.982. The molecule has 0 saturated heterocycles. The van der Waals surface area contributed by atoms with Gasteiger partial charge in [-0.25, -0.2) is 9.18 Å². The van der Waals surface area contributed by atoms with E-state index < -0.39 is 5.97 Å². The molecule has 3 aromatic rings. The van der Waals surface area contributed by atoms with Gasteiger partial charge in [-0.2, -0.15) is 0 Å². The Morgan fingerprint density at radius 3 is 2.63 bits per heavy atom. The minimum absolute atomic E-state index is 0.186. The molecule has 1 aliphatic carbocycles. The molecule has 1 saturated carbocycles. The molecule has 2 aromatic carbocycles. The van der Waals surface area contributed by atoms with Crippen LogP contribution in [0, 0.1) is 17.7 Å². The topological polar surface area (TPSA) is 54.3 Å². The first-order chi connectivity index (χ1) is 14.5. The minimum Gasteiger partial charge on any atom is -0.477 e. The Morgan fingerprint density at radius 1 is 1.13 bits per heavy atom. The maximum absolute atomic E-state index is 14.3. The number of aromatic nitrogens is 1. The average Bonchev–Trinajstić information content (AvgIpc) is 3.04. The van der Waals surface area contributed by atoms with Crippen molar-refractivity contribution in [3.63, 3.8) is 0 Å². The molecule has 0 aliphatic heterocycles. The monoisotopic (exact) mass is 408 g/mol. The van der Waals surface area contributed by atoms with E-state index >= 15 is 0 Å². The summed E-state index contributed by atoms with van der Waals surface area (Å²) < 4.78 is 16.0. The highest BCUT2D eigenvalue weighted by atomic mass is 19.1. The smallest absolute Gasteiger partial charge is 0.352 e. The van der Waals surface area contributed by atoms with Gasteiger partial charge in [0.2, 0.25) is 0 Å². The molecule has 0 radical (unpaired) electrons. The molecule has 3 atom stereocenters. The van der Waals surface area contributed by atoms with Crippen LogP contribution in [0.3, 0.4) is 0 Å². The summed E-state index contributed by atoms with van der Waals surface area (Å²) in [5, 5.41) is 14.6. The number of benzene rings is 2. The molecule has 4 nitrogen and oxygen atoms in total. The number of hydrogen-bond acceptors (Lipinski definition) is 2. The van der Waals surface area contributed by atoms with E-state index in [9.17, 15) is 14.3 Å². The molecule has 0 bridgehead atoms. The second kappa shape index (κ2) is 8.60. The van der Waals surface area contributed by atoms with E-state index in [0.717, 1.165) is 22.9 Å². The largest absolute Gasteiger partial charge is 0.477 e. The Balaban J connectivity index is 1.73. The first-order valence-electron chi connectivity index (χ1n) is 10.8. The van der Waals surface area contributed by atoms with E-state index in [-0.39, 0.29) is 18.1 Å². The van der Waals surface area contributed by atoms with Gasteiger partial charge in [0.05, 0.1) is 6.54 Å². The predicted molar refractivity (Wildman–Crippen MR) is 117 cm³/mol. The van der Waals surface area contributed by atoms with E-state index in [2.05, 4.69) is 19.2 Å². The second-order valence-corrected chi connectivity index (χ2v) is 8.58. The molecule has 3 unspecified atom stereocenters.